The Hall–Kier alpha value is -1.16. The molecule has 0 aromatic rings. The Balaban J connectivity index is 1.39. The van der Waals surface area contributed by atoms with Crippen LogP contribution in [0.15, 0.2) is 12.2 Å². The van der Waals surface area contributed by atoms with Crippen molar-refractivity contribution >= 4 is 11.8 Å². The van der Waals surface area contributed by atoms with Gasteiger partial charge >= 0.3 is 5.97 Å². The molecule has 190 valence electrons. The van der Waals surface area contributed by atoms with Gasteiger partial charge < -0.3 is 9.84 Å². The zero-order valence-electron chi connectivity index (χ0n) is 21.9. The standard InChI is InChI=1S/C30H46O4/c1-5-34-27(33)11-10-26(32)30-15-6-7-23(30)20-8-9-25-28(3)17-14-24(31)19(2)21(28)12-16-29(25,4)22(20)13-18-30/h10-11,19-25,31H,5-9,12-18H2,1-4H3/b11-10+. The molecule has 0 amide bonds. The van der Waals surface area contributed by atoms with Crippen molar-refractivity contribution in [2.45, 2.75) is 104 Å². The van der Waals surface area contributed by atoms with Crippen LogP contribution in [0.1, 0.15) is 98.3 Å². The molecule has 4 heteroatoms. The first-order chi connectivity index (χ1) is 16.2. The van der Waals surface area contributed by atoms with E-state index >= 15 is 0 Å². The predicted molar refractivity (Wildman–Crippen MR) is 133 cm³/mol. The first kappa shape index (κ1) is 24.5. The van der Waals surface area contributed by atoms with Gasteiger partial charge in [-0.05, 0) is 124 Å². The van der Waals surface area contributed by atoms with Gasteiger partial charge in [0.1, 0.15) is 0 Å². The van der Waals surface area contributed by atoms with Gasteiger partial charge in [-0.1, -0.05) is 27.2 Å². The largest absolute Gasteiger partial charge is 0.463 e. The predicted octanol–water partition coefficient (Wildman–Crippen LogP) is 6.11. The molecule has 0 saturated heterocycles. The monoisotopic (exact) mass is 470 g/mol. The molecule has 0 spiro atoms. The molecule has 10 unspecified atom stereocenters. The van der Waals surface area contributed by atoms with E-state index in [1.54, 1.807) is 13.0 Å². The fourth-order valence-corrected chi connectivity index (χ4v) is 10.7. The van der Waals surface area contributed by atoms with E-state index in [0.717, 1.165) is 38.0 Å². The molecule has 0 aromatic heterocycles. The highest BCUT2D eigenvalue weighted by Crippen LogP contribution is 2.71. The molecule has 10 atom stereocenters. The second-order valence-electron chi connectivity index (χ2n) is 13.2. The lowest BCUT2D eigenvalue weighted by Gasteiger charge is -2.67. The van der Waals surface area contributed by atoms with E-state index in [2.05, 4.69) is 20.8 Å². The van der Waals surface area contributed by atoms with E-state index in [-0.39, 0.29) is 17.3 Å². The number of fused-ring (bicyclic) bond motifs is 7. The van der Waals surface area contributed by atoms with Crippen molar-refractivity contribution in [2.75, 3.05) is 6.61 Å². The molecule has 0 heterocycles. The van der Waals surface area contributed by atoms with Crippen LogP contribution in [0.2, 0.25) is 0 Å². The maximum atomic E-state index is 13.5. The maximum Gasteiger partial charge on any atom is 0.330 e. The van der Waals surface area contributed by atoms with E-state index in [0.29, 0.717) is 47.0 Å². The third-order valence-corrected chi connectivity index (χ3v) is 12.2. The number of aliphatic hydroxyl groups excluding tert-OH is 1. The summed E-state index contributed by atoms with van der Waals surface area (Å²) in [5.74, 6) is 3.41. The van der Waals surface area contributed by atoms with Crippen molar-refractivity contribution in [1.29, 1.82) is 0 Å². The van der Waals surface area contributed by atoms with Crippen LogP contribution in [0, 0.1) is 51.8 Å². The summed E-state index contributed by atoms with van der Waals surface area (Å²) in [5.41, 5.74) is 0.450. The number of ketones is 1. The van der Waals surface area contributed by atoms with Crippen molar-refractivity contribution in [3.8, 4) is 0 Å². The molecular weight excluding hydrogens is 424 g/mol. The Labute approximate surface area is 206 Å². The van der Waals surface area contributed by atoms with Crippen molar-refractivity contribution in [3.63, 3.8) is 0 Å². The molecular formula is C30H46O4. The van der Waals surface area contributed by atoms with Crippen LogP contribution < -0.4 is 0 Å². The molecule has 0 aliphatic heterocycles. The summed E-state index contributed by atoms with van der Waals surface area (Å²) in [6.07, 6.45) is 15.4. The number of aliphatic hydroxyl groups is 1. The second kappa shape index (κ2) is 8.75. The molecule has 5 rings (SSSR count). The summed E-state index contributed by atoms with van der Waals surface area (Å²) in [7, 11) is 0. The van der Waals surface area contributed by atoms with Gasteiger partial charge in [-0.2, -0.15) is 0 Å². The van der Waals surface area contributed by atoms with E-state index in [1.807, 2.05) is 0 Å². The number of esters is 1. The maximum absolute atomic E-state index is 13.5. The van der Waals surface area contributed by atoms with E-state index in [9.17, 15) is 14.7 Å². The average molecular weight is 471 g/mol. The molecule has 5 aliphatic carbocycles. The van der Waals surface area contributed by atoms with Gasteiger partial charge in [-0.3, -0.25) is 4.79 Å². The first-order valence-electron chi connectivity index (χ1n) is 14.2. The third-order valence-electron chi connectivity index (χ3n) is 12.2. The average Bonchev–Trinajstić information content (AvgIpc) is 3.26. The Bertz CT molecular complexity index is 849. The van der Waals surface area contributed by atoms with Crippen LogP contribution in [0.5, 0.6) is 0 Å². The Morgan fingerprint density at radius 3 is 2.35 bits per heavy atom. The van der Waals surface area contributed by atoms with Crippen LogP contribution >= 0.6 is 0 Å². The number of hydrogen-bond acceptors (Lipinski definition) is 4. The molecule has 34 heavy (non-hydrogen) atoms. The van der Waals surface area contributed by atoms with Crippen molar-refractivity contribution in [1.82, 2.24) is 0 Å². The number of rotatable bonds is 4. The highest BCUT2D eigenvalue weighted by atomic mass is 16.5. The number of hydrogen-bond donors (Lipinski definition) is 1. The van der Waals surface area contributed by atoms with Gasteiger partial charge in [-0.25, -0.2) is 4.79 Å². The van der Waals surface area contributed by atoms with Crippen molar-refractivity contribution in [2.24, 2.45) is 51.8 Å². The first-order valence-corrected chi connectivity index (χ1v) is 14.2. The lowest BCUT2D eigenvalue weighted by molar-refractivity contribution is -0.195. The Kier molecular flexibility index (Phi) is 6.31. The zero-order chi connectivity index (χ0) is 24.3. The van der Waals surface area contributed by atoms with Crippen LogP contribution in [0.3, 0.4) is 0 Å². The summed E-state index contributed by atoms with van der Waals surface area (Å²) in [4.78, 5) is 25.4. The van der Waals surface area contributed by atoms with Gasteiger partial charge in [-0.15, -0.1) is 0 Å². The lowest BCUT2D eigenvalue weighted by atomic mass is 9.37. The van der Waals surface area contributed by atoms with Crippen LogP contribution in [-0.2, 0) is 14.3 Å². The Morgan fingerprint density at radius 2 is 1.59 bits per heavy atom. The number of carbonyl (C=O) groups is 2. The smallest absolute Gasteiger partial charge is 0.330 e. The summed E-state index contributed by atoms with van der Waals surface area (Å²) in [6.45, 7) is 9.60. The number of ether oxygens (including phenoxy) is 1. The summed E-state index contributed by atoms with van der Waals surface area (Å²) in [6, 6.07) is 0. The molecule has 1 N–H and O–H groups in total. The van der Waals surface area contributed by atoms with E-state index in [4.69, 9.17) is 4.74 Å². The van der Waals surface area contributed by atoms with Crippen molar-refractivity contribution < 1.29 is 19.4 Å². The fourth-order valence-electron chi connectivity index (χ4n) is 10.7. The molecule has 0 bridgehead atoms. The van der Waals surface area contributed by atoms with Gasteiger partial charge in [0.25, 0.3) is 0 Å². The number of allylic oxidation sites excluding steroid dienone is 1. The molecule has 0 aromatic carbocycles. The van der Waals surface area contributed by atoms with Gasteiger partial charge in [0.2, 0.25) is 0 Å². The topological polar surface area (TPSA) is 63.6 Å². The minimum Gasteiger partial charge on any atom is -0.463 e. The van der Waals surface area contributed by atoms with E-state index < -0.39 is 5.97 Å². The minimum atomic E-state index is -0.402. The molecule has 0 radical (unpaired) electrons. The summed E-state index contributed by atoms with van der Waals surface area (Å²) in [5, 5.41) is 10.6. The minimum absolute atomic E-state index is 0.124. The lowest BCUT2D eigenvalue weighted by Crippen LogP contribution is -2.61. The van der Waals surface area contributed by atoms with Gasteiger partial charge in [0.05, 0.1) is 12.7 Å². The third kappa shape index (κ3) is 3.48. The summed E-state index contributed by atoms with van der Waals surface area (Å²) < 4.78 is 5.02. The van der Waals surface area contributed by atoms with E-state index in [1.165, 1.54) is 44.6 Å². The van der Waals surface area contributed by atoms with Crippen LogP contribution in [-0.4, -0.2) is 29.6 Å². The molecule has 5 fully saturated rings. The highest BCUT2D eigenvalue weighted by Gasteiger charge is 2.65. The van der Waals surface area contributed by atoms with Gasteiger partial charge in [0, 0.05) is 11.5 Å². The molecule has 4 nitrogen and oxygen atoms in total. The fraction of sp³-hybridized carbons (Fsp3) is 0.867. The highest BCUT2D eigenvalue weighted by molar-refractivity contribution is 5.99. The Morgan fingerprint density at radius 1 is 0.882 bits per heavy atom. The van der Waals surface area contributed by atoms with Gasteiger partial charge in [0.15, 0.2) is 5.78 Å². The second-order valence-corrected chi connectivity index (χ2v) is 13.2. The summed E-state index contributed by atoms with van der Waals surface area (Å²) >= 11 is 0. The SMILES string of the molecule is CCOC(=O)/C=C/C(=O)C12CCCC1C1CCC3C4(C)CCC(O)C(C)C4CCC3(C)C1CC2. The quantitative estimate of drug-likeness (QED) is 0.398. The van der Waals surface area contributed by atoms with Crippen LogP contribution in [0.4, 0.5) is 0 Å². The molecule has 5 saturated carbocycles. The normalized spacial score (nSPS) is 50.1. The van der Waals surface area contributed by atoms with Crippen molar-refractivity contribution in [3.05, 3.63) is 12.2 Å². The zero-order valence-corrected chi connectivity index (χ0v) is 21.9. The molecule has 5 aliphatic rings. The van der Waals surface area contributed by atoms with Crippen LogP contribution in [0.25, 0.3) is 0 Å². The number of carbonyl (C=O) groups excluding carboxylic acids is 2.